The van der Waals surface area contributed by atoms with Crippen molar-refractivity contribution in [1.82, 2.24) is 9.80 Å². The molecule has 2 saturated heterocycles. The number of ketones is 1. The molecule has 2 aromatic carbocycles. The smallest absolute Gasteiger partial charge is 0.295 e. The fourth-order valence-electron chi connectivity index (χ4n) is 4.41. The number of carbonyl (C=O) groups excluding carboxylic acids is 2. The van der Waals surface area contributed by atoms with E-state index in [0.717, 1.165) is 25.7 Å². The lowest BCUT2D eigenvalue weighted by Crippen LogP contribution is -2.38. The van der Waals surface area contributed by atoms with Gasteiger partial charge in [0.15, 0.2) is 11.6 Å². The van der Waals surface area contributed by atoms with Crippen molar-refractivity contribution in [3.8, 4) is 11.5 Å². The molecule has 1 amide bonds. The van der Waals surface area contributed by atoms with Crippen LogP contribution in [0.4, 0.5) is 4.39 Å². The summed E-state index contributed by atoms with van der Waals surface area (Å²) in [6.07, 6.45) is 0.611. The summed E-state index contributed by atoms with van der Waals surface area (Å²) in [5.74, 6) is -2.83. The maximum absolute atomic E-state index is 14.3. The number of aromatic hydroxyl groups is 1. The minimum absolute atomic E-state index is 0.00959. The van der Waals surface area contributed by atoms with Crippen molar-refractivity contribution >= 4 is 17.4 Å². The molecule has 2 N–H and O–H groups in total. The standard InChI is InChI=1S/C25H27FN2O6/c1-33-20-7-6-17(15-19(20)26)23(30)21-22(16-4-2-5-18(29)14-16)28(25(32)24(21)31)9-3-8-27-10-12-34-13-11-27/h2,4-7,14-15,22,29-30H,3,8-13H2,1H3/t22-/m0/s1. The maximum Gasteiger partial charge on any atom is 0.295 e. The number of benzene rings is 2. The van der Waals surface area contributed by atoms with Gasteiger partial charge in [-0.1, -0.05) is 12.1 Å². The Morgan fingerprint density at radius 2 is 1.91 bits per heavy atom. The van der Waals surface area contributed by atoms with Crippen LogP contribution < -0.4 is 4.74 Å². The van der Waals surface area contributed by atoms with Crippen molar-refractivity contribution in [2.45, 2.75) is 12.5 Å². The zero-order valence-corrected chi connectivity index (χ0v) is 18.9. The number of amides is 1. The fourth-order valence-corrected chi connectivity index (χ4v) is 4.41. The second kappa shape index (κ2) is 10.2. The summed E-state index contributed by atoms with van der Waals surface area (Å²) >= 11 is 0. The summed E-state index contributed by atoms with van der Waals surface area (Å²) in [6, 6.07) is 9.11. The number of aliphatic hydroxyl groups is 1. The summed E-state index contributed by atoms with van der Waals surface area (Å²) in [5.41, 5.74) is 0.377. The lowest BCUT2D eigenvalue weighted by molar-refractivity contribution is -0.140. The molecule has 4 rings (SSSR count). The summed E-state index contributed by atoms with van der Waals surface area (Å²) in [7, 11) is 1.32. The van der Waals surface area contributed by atoms with Gasteiger partial charge < -0.3 is 24.6 Å². The van der Waals surface area contributed by atoms with Gasteiger partial charge in [0, 0.05) is 31.7 Å². The molecular formula is C25H27FN2O6. The summed E-state index contributed by atoms with van der Waals surface area (Å²) in [6.45, 7) is 3.92. The van der Waals surface area contributed by atoms with Gasteiger partial charge in [0.25, 0.3) is 11.7 Å². The van der Waals surface area contributed by atoms with Crippen LogP contribution in [-0.2, 0) is 14.3 Å². The number of Topliss-reactive ketones (excluding diaryl/α,β-unsaturated/α-hetero) is 1. The number of nitrogens with zero attached hydrogens (tertiary/aromatic N) is 2. The van der Waals surface area contributed by atoms with Crippen molar-refractivity contribution in [1.29, 1.82) is 0 Å². The first kappa shape index (κ1) is 23.7. The summed E-state index contributed by atoms with van der Waals surface area (Å²) < 4.78 is 24.6. The molecule has 9 heteroatoms. The van der Waals surface area contributed by atoms with E-state index in [1.807, 2.05) is 0 Å². The SMILES string of the molecule is COc1ccc(C(O)=C2C(=O)C(=O)N(CCCN3CCOCC3)[C@H]2c2cccc(O)c2)cc1F. The Bertz CT molecular complexity index is 1110. The number of halogens is 1. The highest BCUT2D eigenvalue weighted by atomic mass is 19.1. The quantitative estimate of drug-likeness (QED) is 0.365. The van der Waals surface area contributed by atoms with E-state index in [0.29, 0.717) is 25.2 Å². The molecule has 0 aliphatic carbocycles. The Hall–Kier alpha value is -3.43. The minimum Gasteiger partial charge on any atom is -0.508 e. The fraction of sp³-hybridized carbons (Fsp3) is 0.360. The van der Waals surface area contributed by atoms with Gasteiger partial charge >= 0.3 is 0 Å². The predicted molar refractivity (Wildman–Crippen MR) is 122 cm³/mol. The third-order valence-electron chi connectivity index (χ3n) is 6.13. The molecule has 0 bridgehead atoms. The van der Waals surface area contributed by atoms with Gasteiger partial charge in [-0.2, -0.15) is 0 Å². The molecule has 2 heterocycles. The van der Waals surface area contributed by atoms with Crippen LogP contribution in [0, 0.1) is 5.82 Å². The van der Waals surface area contributed by atoms with Crippen LogP contribution in [0.2, 0.25) is 0 Å². The van der Waals surface area contributed by atoms with Crippen molar-refractivity contribution in [2.75, 3.05) is 46.5 Å². The van der Waals surface area contributed by atoms with Gasteiger partial charge in [-0.3, -0.25) is 14.5 Å². The molecule has 1 atom stereocenters. The average Bonchev–Trinajstić information content (AvgIpc) is 3.09. The number of hydrogen-bond donors (Lipinski definition) is 2. The Labute approximate surface area is 196 Å². The number of carbonyl (C=O) groups is 2. The third-order valence-corrected chi connectivity index (χ3v) is 6.13. The van der Waals surface area contributed by atoms with E-state index >= 15 is 0 Å². The number of phenolic OH excluding ortho intramolecular Hbond substituents is 1. The topological polar surface area (TPSA) is 99.5 Å². The lowest BCUT2D eigenvalue weighted by atomic mass is 9.95. The predicted octanol–water partition coefficient (Wildman–Crippen LogP) is 2.68. The largest absolute Gasteiger partial charge is 0.508 e. The third kappa shape index (κ3) is 4.76. The first-order valence-corrected chi connectivity index (χ1v) is 11.1. The molecule has 0 spiro atoms. The van der Waals surface area contributed by atoms with Gasteiger partial charge in [0.05, 0.1) is 31.9 Å². The molecule has 2 aliphatic rings. The molecule has 2 fully saturated rings. The minimum atomic E-state index is -0.915. The van der Waals surface area contributed by atoms with Crippen molar-refractivity contribution in [3.05, 3.63) is 65.0 Å². The van der Waals surface area contributed by atoms with Crippen LogP contribution in [0.15, 0.2) is 48.0 Å². The Morgan fingerprint density at radius 1 is 1.15 bits per heavy atom. The molecule has 2 aromatic rings. The number of likely N-dealkylation sites (tertiary alicyclic amines) is 1. The van der Waals surface area contributed by atoms with Crippen LogP contribution in [0.3, 0.4) is 0 Å². The summed E-state index contributed by atoms with van der Waals surface area (Å²) in [4.78, 5) is 29.7. The molecule has 34 heavy (non-hydrogen) atoms. The number of rotatable bonds is 7. The first-order valence-electron chi connectivity index (χ1n) is 11.1. The zero-order chi connectivity index (χ0) is 24.2. The molecule has 180 valence electrons. The van der Waals surface area contributed by atoms with Crippen molar-refractivity contribution < 1.29 is 33.7 Å². The van der Waals surface area contributed by atoms with Gasteiger partial charge in [0.1, 0.15) is 11.5 Å². The molecular weight excluding hydrogens is 443 g/mol. The van der Waals surface area contributed by atoms with E-state index in [1.54, 1.807) is 12.1 Å². The highest BCUT2D eigenvalue weighted by Gasteiger charge is 2.46. The molecule has 0 radical (unpaired) electrons. The highest BCUT2D eigenvalue weighted by Crippen LogP contribution is 2.40. The average molecular weight is 470 g/mol. The van der Waals surface area contributed by atoms with E-state index < -0.39 is 29.3 Å². The molecule has 0 aromatic heterocycles. The second-order valence-corrected chi connectivity index (χ2v) is 8.24. The van der Waals surface area contributed by atoms with Gasteiger partial charge in [-0.25, -0.2) is 4.39 Å². The van der Waals surface area contributed by atoms with Crippen LogP contribution >= 0.6 is 0 Å². The van der Waals surface area contributed by atoms with Crippen LogP contribution in [0.25, 0.3) is 5.76 Å². The Balaban J connectivity index is 1.69. The molecule has 8 nitrogen and oxygen atoms in total. The van der Waals surface area contributed by atoms with Gasteiger partial charge in [-0.15, -0.1) is 0 Å². The highest BCUT2D eigenvalue weighted by molar-refractivity contribution is 6.46. The Kier molecular flexibility index (Phi) is 7.14. The summed E-state index contributed by atoms with van der Waals surface area (Å²) in [5, 5.41) is 21.1. The Morgan fingerprint density at radius 3 is 2.59 bits per heavy atom. The van der Waals surface area contributed by atoms with Crippen molar-refractivity contribution in [2.24, 2.45) is 0 Å². The molecule has 2 aliphatic heterocycles. The van der Waals surface area contributed by atoms with E-state index in [4.69, 9.17) is 9.47 Å². The van der Waals surface area contributed by atoms with E-state index in [-0.39, 0.29) is 29.2 Å². The van der Waals surface area contributed by atoms with Gasteiger partial charge in [-0.05, 0) is 42.3 Å². The number of aliphatic hydroxyl groups excluding tert-OH is 1. The van der Waals surface area contributed by atoms with Crippen LogP contribution in [0.1, 0.15) is 23.6 Å². The van der Waals surface area contributed by atoms with E-state index in [9.17, 15) is 24.2 Å². The molecule has 0 saturated carbocycles. The first-order chi connectivity index (χ1) is 16.4. The number of phenols is 1. The van der Waals surface area contributed by atoms with Crippen LogP contribution in [-0.4, -0.2) is 78.2 Å². The normalized spacial score (nSPS) is 20.6. The van der Waals surface area contributed by atoms with E-state index in [2.05, 4.69) is 4.90 Å². The number of methoxy groups -OCH3 is 1. The number of ether oxygens (including phenoxy) is 2. The maximum atomic E-state index is 14.3. The van der Waals surface area contributed by atoms with E-state index in [1.165, 1.54) is 36.3 Å². The monoisotopic (exact) mass is 470 g/mol. The van der Waals surface area contributed by atoms with Gasteiger partial charge in [0.2, 0.25) is 0 Å². The van der Waals surface area contributed by atoms with Crippen LogP contribution in [0.5, 0.6) is 11.5 Å². The number of morpholine rings is 1. The number of hydrogen-bond acceptors (Lipinski definition) is 7. The molecule has 0 unspecified atom stereocenters. The van der Waals surface area contributed by atoms with Crippen molar-refractivity contribution in [3.63, 3.8) is 0 Å². The zero-order valence-electron chi connectivity index (χ0n) is 18.9. The lowest BCUT2D eigenvalue weighted by Gasteiger charge is -2.29. The second-order valence-electron chi connectivity index (χ2n) is 8.24.